The van der Waals surface area contributed by atoms with Crippen molar-refractivity contribution >= 4 is 6.08 Å². The molecule has 0 saturated heterocycles. The molecule has 0 unspecified atom stereocenters. The van der Waals surface area contributed by atoms with Gasteiger partial charge in [0, 0.05) is 0 Å². The number of allylic oxidation sites excluding steroid dienone is 1. The first-order valence-corrected chi connectivity index (χ1v) is 4.74. The molecule has 0 saturated carbocycles. The second-order valence-electron chi connectivity index (χ2n) is 3.27. The van der Waals surface area contributed by atoms with Gasteiger partial charge in [0.1, 0.15) is 11.3 Å². The number of hydrogen-bond acceptors (Lipinski definition) is 1. The second kappa shape index (κ2) is 4.91. The molecule has 7 heteroatoms. The lowest BCUT2D eigenvalue weighted by Gasteiger charge is -2.17. The second-order valence-corrected chi connectivity index (χ2v) is 3.27. The number of alkyl halides is 6. The number of ether oxygens (including phenoxy) is 1. The quantitative estimate of drug-likeness (QED) is 0.711. The van der Waals surface area contributed by atoms with Crippen LogP contribution < -0.4 is 4.74 Å². The molecule has 0 bridgehead atoms. The topological polar surface area (TPSA) is 9.23 Å². The molecule has 0 aliphatic rings. The summed E-state index contributed by atoms with van der Waals surface area (Å²) in [4.78, 5) is 0. The minimum Gasteiger partial charge on any atom is -0.405 e. The molecule has 0 radical (unpaired) electrons. The minimum absolute atomic E-state index is 0.383. The van der Waals surface area contributed by atoms with Gasteiger partial charge in [0.05, 0.1) is 0 Å². The Kier molecular flexibility index (Phi) is 3.93. The van der Waals surface area contributed by atoms with Crippen molar-refractivity contribution in [3.8, 4) is 5.75 Å². The van der Waals surface area contributed by atoms with Gasteiger partial charge in [-0.25, -0.2) is 0 Å². The SMILES string of the molecule is C/C=C/c1cccc(OC(F)(F)F)c1C(F)(F)F. The van der Waals surface area contributed by atoms with E-state index in [0.717, 1.165) is 18.2 Å². The summed E-state index contributed by atoms with van der Waals surface area (Å²) in [6.45, 7) is 1.46. The molecule has 0 aliphatic carbocycles. The highest BCUT2D eigenvalue weighted by Crippen LogP contribution is 2.41. The van der Waals surface area contributed by atoms with Gasteiger partial charge in [-0.2, -0.15) is 13.2 Å². The van der Waals surface area contributed by atoms with E-state index in [2.05, 4.69) is 4.74 Å². The lowest BCUT2D eigenvalue weighted by Crippen LogP contribution is -2.20. The first kappa shape index (κ1) is 14.4. The van der Waals surface area contributed by atoms with E-state index in [-0.39, 0.29) is 5.56 Å². The fraction of sp³-hybridized carbons (Fsp3) is 0.273. The zero-order valence-corrected chi connectivity index (χ0v) is 9.06. The summed E-state index contributed by atoms with van der Waals surface area (Å²) >= 11 is 0. The maximum absolute atomic E-state index is 12.7. The Morgan fingerprint density at radius 2 is 1.67 bits per heavy atom. The van der Waals surface area contributed by atoms with E-state index in [1.165, 1.54) is 13.0 Å². The highest BCUT2D eigenvalue weighted by atomic mass is 19.4. The predicted octanol–water partition coefficient (Wildman–Crippen LogP) is 4.64. The summed E-state index contributed by atoms with van der Waals surface area (Å²) in [7, 11) is 0. The smallest absolute Gasteiger partial charge is 0.405 e. The Morgan fingerprint density at radius 3 is 2.11 bits per heavy atom. The fourth-order valence-corrected chi connectivity index (χ4v) is 1.38. The van der Waals surface area contributed by atoms with E-state index in [4.69, 9.17) is 0 Å². The average molecular weight is 270 g/mol. The summed E-state index contributed by atoms with van der Waals surface area (Å²) in [5, 5.41) is 0. The molecule has 0 amide bonds. The van der Waals surface area contributed by atoms with Gasteiger partial charge in [-0.05, 0) is 18.6 Å². The number of halogens is 6. The number of benzene rings is 1. The normalized spacial score (nSPS) is 13.1. The van der Waals surface area contributed by atoms with E-state index < -0.39 is 23.9 Å². The van der Waals surface area contributed by atoms with Crippen molar-refractivity contribution in [2.75, 3.05) is 0 Å². The molecule has 0 aliphatic heterocycles. The maximum atomic E-state index is 12.7. The van der Waals surface area contributed by atoms with Crippen molar-refractivity contribution in [1.29, 1.82) is 0 Å². The molecule has 0 heterocycles. The maximum Gasteiger partial charge on any atom is 0.573 e. The lowest BCUT2D eigenvalue weighted by molar-refractivity contribution is -0.276. The molecule has 0 N–H and O–H groups in total. The van der Waals surface area contributed by atoms with Gasteiger partial charge in [0.15, 0.2) is 0 Å². The molecular weight excluding hydrogens is 262 g/mol. The summed E-state index contributed by atoms with van der Waals surface area (Å²) in [5.41, 5.74) is -1.83. The van der Waals surface area contributed by atoms with Gasteiger partial charge >= 0.3 is 12.5 Å². The molecule has 100 valence electrons. The number of hydrogen-bond donors (Lipinski definition) is 0. The van der Waals surface area contributed by atoms with Crippen LogP contribution in [0.2, 0.25) is 0 Å². The van der Waals surface area contributed by atoms with Crippen molar-refractivity contribution in [2.24, 2.45) is 0 Å². The highest BCUT2D eigenvalue weighted by Gasteiger charge is 2.40. The van der Waals surface area contributed by atoms with Crippen LogP contribution in [-0.2, 0) is 6.18 Å². The Hall–Kier alpha value is -1.66. The molecule has 0 aromatic heterocycles. The largest absolute Gasteiger partial charge is 0.573 e. The third kappa shape index (κ3) is 3.68. The standard InChI is InChI=1S/C11H8F6O/c1-2-4-7-5-3-6-8(18-11(15,16)17)9(7)10(12,13)14/h2-6H,1H3/b4-2+. The summed E-state index contributed by atoms with van der Waals surface area (Å²) < 4.78 is 77.6. The van der Waals surface area contributed by atoms with Crippen molar-refractivity contribution in [3.05, 3.63) is 35.4 Å². The molecule has 0 atom stereocenters. The van der Waals surface area contributed by atoms with Crippen LogP contribution in [0.3, 0.4) is 0 Å². The van der Waals surface area contributed by atoms with Crippen LogP contribution in [0, 0.1) is 0 Å². The van der Waals surface area contributed by atoms with E-state index in [0.29, 0.717) is 6.07 Å². The molecule has 1 aromatic carbocycles. The van der Waals surface area contributed by atoms with Crippen molar-refractivity contribution in [1.82, 2.24) is 0 Å². The van der Waals surface area contributed by atoms with E-state index >= 15 is 0 Å². The van der Waals surface area contributed by atoms with Gasteiger partial charge in [-0.15, -0.1) is 13.2 Å². The minimum atomic E-state index is -5.17. The first-order chi connectivity index (χ1) is 8.15. The van der Waals surface area contributed by atoms with Crippen molar-refractivity contribution < 1.29 is 31.1 Å². The highest BCUT2D eigenvalue weighted by molar-refractivity contribution is 5.59. The molecule has 0 spiro atoms. The fourth-order valence-electron chi connectivity index (χ4n) is 1.38. The van der Waals surface area contributed by atoms with Crippen LogP contribution in [0.15, 0.2) is 24.3 Å². The third-order valence-corrected chi connectivity index (χ3v) is 1.91. The van der Waals surface area contributed by atoms with Crippen LogP contribution in [-0.4, -0.2) is 6.36 Å². The van der Waals surface area contributed by atoms with E-state index in [1.54, 1.807) is 0 Å². The van der Waals surface area contributed by atoms with Gasteiger partial charge in [-0.3, -0.25) is 0 Å². The Balaban J connectivity index is 3.38. The first-order valence-electron chi connectivity index (χ1n) is 4.74. The summed E-state index contributed by atoms with van der Waals surface area (Å²) in [6.07, 6.45) is -7.75. The third-order valence-electron chi connectivity index (χ3n) is 1.91. The van der Waals surface area contributed by atoms with Crippen LogP contribution in [0.25, 0.3) is 6.08 Å². The van der Waals surface area contributed by atoms with Gasteiger partial charge in [0.2, 0.25) is 0 Å². The molecule has 1 aromatic rings. The van der Waals surface area contributed by atoms with Crippen LogP contribution in [0.5, 0.6) is 5.75 Å². The zero-order valence-electron chi connectivity index (χ0n) is 9.06. The van der Waals surface area contributed by atoms with Gasteiger partial charge < -0.3 is 4.74 Å². The molecule has 0 fully saturated rings. The van der Waals surface area contributed by atoms with Gasteiger partial charge in [0.25, 0.3) is 0 Å². The van der Waals surface area contributed by atoms with E-state index in [1.807, 2.05) is 0 Å². The molecular formula is C11H8F6O. The van der Waals surface area contributed by atoms with Gasteiger partial charge in [-0.1, -0.05) is 24.3 Å². The molecule has 18 heavy (non-hydrogen) atoms. The lowest BCUT2D eigenvalue weighted by atomic mass is 10.1. The predicted molar refractivity (Wildman–Crippen MR) is 52.8 cm³/mol. The van der Waals surface area contributed by atoms with E-state index in [9.17, 15) is 26.3 Å². The Labute approximate surface area is 98.7 Å². The van der Waals surface area contributed by atoms with Crippen LogP contribution in [0.4, 0.5) is 26.3 Å². The summed E-state index contributed by atoms with van der Waals surface area (Å²) in [5.74, 6) is -1.26. The Bertz CT molecular complexity index is 444. The molecule has 1 nitrogen and oxygen atoms in total. The summed E-state index contributed by atoms with van der Waals surface area (Å²) in [6, 6.07) is 2.75. The zero-order chi connectivity index (χ0) is 14.0. The van der Waals surface area contributed by atoms with Crippen molar-refractivity contribution in [3.63, 3.8) is 0 Å². The Morgan fingerprint density at radius 1 is 1.06 bits per heavy atom. The number of rotatable bonds is 2. The molecule has 1 rings (SSSR count). The average Bonchev–Trinajstić information content (AvgIpc) is 2.13. The van der Waals surface area contributed by atoms with Crippen molar-refractivity contribution in [2.45, 2.75) is 19.5 Å². The monoisotopic (exact) mass is 270 g/mol. The van der Waals surface area contributed by atoms with Crippen LogP contribution >= 0.6 is 0 Å². The van der Waals surface area contributed by atoms with Crippen LogP contribution in [0.1, 0.15) is 18.1 Å².